The summed E-state index contributed by atoms with van der Waals surface area (Å²) in [5, 5.41) is 0. The van der Waals surface area contributed by atoms with Crippen LogP contribution in [0.25, 0.3) is 0 Å². The molecular weight excluding hydrogens is 448 g/mol. The van der Waals surface area contributed by atoms with E-state index in [0.29, 0.717) is 13.2 Å². The molecule has 3 aromatic carbocycles. The summed E-state index contributed by atoms with van der Waals surface area (Å²) < 4.78 is 0. The van der Waals surface area contributed by atoms with Crippen LogP contribution in [0.15, 0.2) is 84.9 Å². The summed E-state index contributed by atoms with van der Waals surface area (Å²) in [7, 11) is 0. The molecule has 0 fully saturated rings. The normalized spacial score (nSPS) is 15.8. The monoisotopic (exact) mass is 490 g/mol. The second kappa shape index (κ2) is 11.3. The molecule has 0 aromatic heterocycles. The molecule has 0 aliphatic carbocycles. The van der Waals surface area contributed by atoms with E-state index >= 15 is 0 Å². The van der Waals surface area contributed by atoms with Crippen LogP contribution in [0.5, 0.6) is 0 Å². The van der Waals surface area contributed by atoms with Gasteiger partial charge in [0.25, 0.3) is 0 Å². The average Bonchev–Trinajstić information content (AvgIpc) is 2.83. The molecule has 0 radical (unpaired) electrons. The lowest BCUT2D eigenvalue weighted by atomic mass is 9.72. The van der Waals surface area contributed by atoms with Gasteiger partial charge in [0.2, 0.25) is 0 Å². The fraction of sp³-hybridized carbons (Fsp3) is 0.438. The number of benzene rings is 3. The van der Waals surface area contributed by atoms with Gasteiger partial charge in [0.15, 0.2) is 0 Å². The molecule has 2 atom stereocenters. The van der Waals surface area contributed by atoms with Crippen molar-refractivity contribution in [2.75, 3.05) is 13.2 Å². The minimum atomic E-state index is -0.428. The summed E-state index contributed by atoms with van der Waals surface area (Å²) in [4.78, 5) is 23.0. The van der Waals surface area contributed by atoms with Gasteiger partial charge in [-0.1, -0.05) is 84.9 Å². The smallest absolute Gasteiger partial charge is 0.0957 e. The molecule has 0 saturated heterocycles. The first kappa shape index (κ1) is 28.1. The zero-order valence-electron chi connectivity index (χ0n) is 23.1. The quantitative estimate of drug-likeness (QED) is 0.215. The summed E-state index contributed by atoms with van der Waals surface area (Å²) >= 11 is 0. The highest BCUT2D eigenvalue weighted by Crippen LogP contribution is 2.38. The van der Waals surface area contributed by atoms with E-state index in [1.165, 1.54) is 0 Å². The molecule has 0 saturated carbocycles. The lowest BCUT2D eigenvalue weighted by molar-refractivity contribution is -0.353. The first-order valence-corrected chi connectivity index (χ1v) is 12.7. The molecule has 2 unspecified atom stereocenters. The summed E-state index contributed by atoms with van der Waals surface area (Å²) in [5.41, 5.74) is 2.96. The van der Waals surface area contributed by atoms with Crippen molar-refractivity contribution >= 4 is 0 Å². The van der Waals surface area contributed by atoms with E-state index in [4.69, 9.17) is 19.6 Å². The van der Waals surface area contributed by atoms with Crippen LogP contribution in [-0.4, -0.2) is 24.4 Å². The number of hydrogen-bond donors (Lipinski definition) is 0. The Morgan fingerprint density at radius 3 is 1.11 bits per heavy atom. The van der Waals surface area contributed by atoms with Gasteiger partial charge in [0, 0.05) is 10.8 Å². The van der Waals surface area contributed by atoms with Crippen molar-refractivity contribution in [2.24, 2.45) is 0 Å². The minimum absolute atomic E-state index is 0.378. The topological polar surface area (TPSA) is 36.9 Å². The molecule has 0 bridgehead atoms. The van der Waals surface area contributed by atoms with Crippen LogP contribution in [0.1, 0.15) is 77.6 Å². The van der Waals surface area contributed by atoms with Gasteiger partial charge in [-0.05, 0) is 77.6 Å². The summed E-state index contributed by atoms with van der Waals surface area (Å²) in [6.07, 6.45) is 0. The predicted molar refractivity (Wildman–Crippen MR) is 146 cm³/mol. The molecule has 0 aliphatic rings. The van der Waals surface area contributed by atoms with Gasteiger partial charge in [-0.25, -0.2) is 19.6 Å². The zero-order valence-corrected chi connectivity index (χ0v) is 23.1. The lowest BCUT2D eigenvalue weighted by Crippen LogP contribution is -2.34. The van der Waals surface area contributed by atoms with Gasteiger partial charge < -0.3 is 0 Å². The molecule has 0 N–H and O–H groups in total. The van der Waals surface area contributed by atoms with Crippen molar-refractivity contribution in [3.63, 3.8) is 0 Å². The van der Waals surface area contributed by atoms with Gasteiger partial charge in [0.05, 0.1) is 24.4 Å². The fourth-order valence-corrected chi connectivity index (χ4v) is 4.13. The van der Waals surface area contributed by atoms with Crippen LogP contribution >= 0.6 is 0 Å². The molecule has 3 aromatic rings. The Bertz CT molecular complexity index is 998. The molecule has 0 amide bonds. The van der Waals surface area contributed by atoms with E-state index in [9.17, 15) is 0 Å². The second-order valence-electron chi connectivity index (χ2n) is 11.9. The third-order valence-electron chi connectivity index (χ3n) is 6.27. The van der Waals surface area contributed by atoms with Gasteiger partial charge in [0.1, 0.15) is 0 Å². The summed E-state index contributed by atoms with van der Waals surface area (Å²) in [6, 6.07) is 29.6. The fourth-order valence-electron chi connectivity index (χ4n) is 4.13. The van der Waals surface area contributed by atoms with E-state index in [1.54, 1.807) is 0 Å². The average molecular weight is 491 g/mol. The Balaban J connectivity index is 2.04. The SMILES string of the molecule is CC(C)(C)OOCC(C)(c1ccccc1)c1cccc(C(C)(COOC(C)(C)C)c2ccccc2)c1. The van der Waals surface area contributed by atoms with E-state index < -0.39 is 22.0 Å². The summed E-state index contributed by atoms with van der Waals surface area (Å²) in [6.45, 7) is 17.1. The van der Waals surface area contributed by atoms with Crippen LogP contribution in [0.3, 0.4) is 0 Å². The van der Waals surface area contributed by atoms with Crippen LogP contribution in [0, 0.1) is 0 Å². The molecule has 0 heterocycles. The number of hydrogen-bond acceptors (Lipinski definition) is 4. The van der Waals surface area contributed by atoms with Gasteiger partial charge >= 0.3 is 0 Å². The maximum atomic E-state index is 5.84. The van der Waals surface area contributed by atoms with Crippen molar-refractivity contribution in [2.45, 2.75) is 77.4 Å². The van der Waals surface area contributed by atoms with E-state index in [-0.39, 0.29) is 0 Å². The first-order valence-electron chi connectivity index (χ1n) is 12.7. The largest absolute Gasteiger partial charge is 0.235 e. The summed E-state index contributed by atoms with van der Waals surface area (Å²) in [5.74, 6) is 0. The minimum Gasteiger partial charge on any atom is -0.235 e. The van der Waals surface area contributed by atoms with E-state index in [0.717, 1.165) is 22.3 Å². The highest BCUT2D eigenvalue weighted by Gasteiger charge is 2.35. The second-order valence-corrected chi connectivity index (χ2v) is 11.9. The highest BCUT2D eigenvalue weighted by molar-refractivity contribution is 5.45. The third kappa shape index (κ3) is 7.27. The Hall–Kier alpha value is -2.50. The van der Waals surface area contributed by atoms with E-state index in [1.807, 2.05) is 53.7 Å². The molecule has 0 aliphatic heterocycles. The van der Waals surface area contributed by atoms with Crippen molar-refractivity contribution in [3.05, 3.63) is 107 Å². The van der Waals surface area contributed by atoms with Crippen molar-refractivity contribution in [1.29, 1.82) is 0 Å². The van der Waals surface area contributed by atoms with Crippen molar-refractivity contribution < 1.29 is 19.6 Å². The maximum Gasteiger partial charge on any atom is 0.0957 e. The van der Waals surface area contributed by atoms with Gasteiger partial charge in [-0.3, -0.25) is 0 Å². The van der Waals surface area contributed by atoms with E-state index in [2.05, 4.69) is 86.6 Å². The van der Waals surface area contributed by atoms with Crippen LogP contribution in [0.4, 0.5) is 0 Å². The highest BCUT2D eigenvalue weighted by atomic mass is 17.2. The molecule has 3 rings (SSSR count). The molecule has 0 spiro atoms. The Morgan fingerprint density at radius 2 is 0.778 bits per heavy atom. The number of rotatable bonds is 10. The molecule has 4 heteroatoms. The Kier molecular flexibility index (Phi) is 8.79. The predicted octanol–water partition coefficient (Wildman–Crippen LogP) is 7.79. The standard InChI is InChI=1S/C32H42O4/c1-29(2,3)35-33-23-31(7,25-16-11-9-12-17-25)27-20-15-21-28(22-27)32(8,24-34-36-30(4,5)6)26-18-13-10-14-19-26/h9-22H,23-24H2,1-8H3. The molecular formula is C32H42O4. The lowest BCUT2D eigenvalue weighted by Gasteiger charge is -2.35. The Morgan fingerprint density at radius 1 is 0.444 bits per heavy atom. The third-order valence-corrected chi connectivity index (χ3v) is 6.27. The van der Waals surface area contributed by atoms with Crippen molar-refractivity contribution in [3.8, 4) is 0 Å². The van der Waals surface area contributed by atoms with Crippen LogP contribution in [-0.2, 0) is 30.4 Å². The first-order chi connectivity index (χ1) is 16.8. The van der Waals surface area contributed by atoms with Crippen LogP contribution < -0.4 is 0 Å². The molecule has 36 heavy (non-hydrogen) atoms. The van der Waals surface area contributed by atoms with Gasteiger partial charge in [-0.2, -0.15) is 0 Å². The maximum absolute atomic E-state index is 5.84. The van der Waals surface area contributed by atoms with Gasteiger partial charge in [-0.15, -0.1) is 0 Å². The molecule has 4 nitrogen and oxygen atoms in total. The Labute approximate surface area is 217 Å². The zero-order chi connectivity index (χ0) is 26.5. The van der Waals surface area contributed by atoms with Crippen molar-refractivity contribution in [1.82, 2.24) is 0 Å². The van der Waals surface area contributed by atoms with Crippen LogP contribution in [0.2, 0.25) is 0 Å². The molecule has 194 valence electrons.